The van der Waals surface area contributed by atoms with Gasteiger partial charge in [0.25, 0.3) is 0 Å². The van der Waals surface area contributed by atoms with Gasteiger partial charge in [0.1, 0.15) is 0 Å². The number of ether oxygens (including phenoxy) is 4. The van der Waals surface area contributed by atoms with E-state index in [1.807, 2.05) is 0 Å². The molecule has 0 unspecified atom stereocenters. The van der Waals surface area contributed by atoms with Crippen LogP contribution in [0.4, 0.5) is 0 Å². The Morgan fingerprint density at radius 2 is 1.00 bits per heavy atom. The van der Waals surface area contributed by atoms with Gasteiger partial charge in [0, 0.05) is 6.42 Å². The second-order valence-corrected chi connectivity index (χ2v) is 8.14. The molecule has 2 aromatic carbocycles. The molecule has 0 aliphatic carbocycles. The molecule has 0 spiro atoms. The first kappa shape index (κ1) is 30.7. The molecule has 0 heterocycles. The highest BCUT2D eigenvalue weighted by atomic mass is 17.3. The standard InChI is InChI=1S/C28H36O10/c1-6-7-8-9-10-11-12-13-26(35-37-27(29)20-14-16-22(31-2)24(18-20)33-4)36-38-28(30)21-15-17-23(32-3)25(19-21)34-5/h14-19H,1,6-13H2,2-5H3. The summed E-state index contributed by atoms with van der Waals surface area (Å²) in [6.07, 6.45) is 6.89. The van der Waals surface area contributed by atoms with E-state index >= 15 is 0 Å². The Labute approximate surface area is 223 Å². The van der Waals surface area contributed by atoms with Crippen molar-refractivity contribution in [3.63, 3.8) is 0 Å². The van der Waals surface area contributed by atoms with Gasteiger partial charge in [-0.15, -0.1) is 9.78 Å². The molecule has 38 heavy (non-hydrogen) atoms. The number of hydrogen-bond acceptors (Lipinski definition) is 10. The SMILES string of the molecule is [CH2]CCCCCCCC[C](OOC(=O)c1ccc(OC)c(OC)c1)OOC(=O)c1ccc(OC)c(OC)c1. The summed E-state index contributed by atoms with van der Waals surface area (Å²) in [5.41, 5.74) is 0.324. The summed E-state index contributed by atoms with van der Waals surface area (Å²) in [5, 5.41) is 0. The first-order chi connectivity index (χ1) is 18.5. The Morgan fingerprint density at radius 3 is 1.42 bits per heavy atom. The highest BCUT2D eigenvalue weighted by Gasteiger charge is 2.23. The molecular weight excluding hydrogens is 496 g/mol. The molecule has 0 saturated heterocycles. The van der Waals surface area contributed by atoms with Crippen LogP contribution in [0, 0.1) is 13.2 Å². The van der Waals surface area contributed by atoms with Gasteiger partial charge in [-0.2, -0.15) is 0 Å². The Hall–Kier alpha value is -3.50. The predicted molar refractivity (Wildman–Crippen MR) is 138 cm³/mol. The van der Waals surface area contributed by atoms with Crippen LogP contribution in [0.1, 0.15) is 72.1 Å². The predicted octanol–water partition coefficient (Wildman–Crippen LogP) is 6.04. The van der Waals surface area contributed by atoms with Gasteiger partial charge in [0.05, 0.1) is 39.6 Å². The molecule has 0 N–H and O–H groups in total. The summed E-state index contributed by atoms with van der Waals surface area (Å²) >= 11 is 0. The number of rotatable bonds is 18. The van der Waals surface area contributed by atoms with Crippen LogP contribution < -0.4 is 18.9 Å². The average molecular weight is 533 g/mol. The van der Waals surface area contributed by atoms with Crippen molar-refractivity contribution in [1.82, 2.24) is 0 Å². The first-order valence-electron chi connectivity index (χ1n) is 12.3. The van der Waals surface area contributed by atoms with Crippen molar-refractivity contribution in [3.05, 3.63) is 60.7 Å². The molecule has 0 atom stereocenters. The van der Waals surface area contributed by atoms with Crippen LogP contribution in [0.5, 0.6) is 23.0 Å². The van der Waals surface area contributed by atoms with E-state index in [0.29, 0.717) is 29.4 Å². The summed E-state index contributed by atoms with van der Waals surface area (Å²) in [7, 11) is 5.88. The topological polar surface area (TPSA) is 108 Å². The Morgan fingerprint density at radius 1 is 0.579 bits per heavy atom. The van der Waals surface area contributed by atoms with Crippen LogP contribution in [-0.2, 0) is 19.6 Å². The average Bonchev–Trinajstić information content (AvgIpc) is 2.96. The molecule has 2 rings (SSSR count). The number of carbonyl (C=O) groups is 2. The van der Waals surface area contributed by atoms with Crippen LogP contribution in [-0.4, -0.2) is 40.4 Å². The Bertz CT molecular complexity index is 936. The van der Waals surface area contributed by atoms with E-state index in [1.165, 1.54) is 52.7 Å². The van der Waals surface area contributed by atoms with E-state index in [0.717, 1.165) is 38.5 Å². The molecule has 10 heteroatoms. The van der Waals surface area contributed by atoms with Crippen molar-refractivity contribution >= 4 is 11.9 Å². The van der Waals surface area contributed by atoms with Crippen molar-refractivity contribution in [2.45, 2.75) is 51.4 Å². The minimum Gasteiger partial charge on any atom is -0.493 e. The lowest BCUT2D eigenvalue weighted by Crippen LogP contribution is -2.16. The molecule has 0 aliphatic rings. The molecule has 0 fully saturated rings. The third-order valence-corrected chi connectivity index (χ3v) is 5.54. The van der Waals surface area contributed by atoms with Crippen molar-refractivity contribution in [1.29, 1.82) is 0 Å². The largest absolute Gasteiger partial charge is 0.493 e. The van der Waals surface area contributed by atoms with Crippen molar-refractivity contribution in [3.8, 4) is 23.0 Å². The number of unbranched alkanes of at least 4 members (excludes halogenated alkanes) is 6. The van der Waals surface area contributed by atoms with Crippen molar-refractivity contribution in [2.24, 2.45) is 0 Å². The fourth-order valence-corrected chi connectivity index (χ4v) is 3.44. The summed E-state index contributed by atoms with van der Waals surface area (Å²) < 4.78 is 20.8. The molecular formula is C28H36O10. The molecule has 0 aliphatic heterocycles. The van der Waals surface area contributed by atoms with E-state index in [-0.39, 0.29) is 23.8 Å². The minimum atomic E-state index is -0.800. The van der Waals surface area contributed by atoms with Gasteiger partial charge in [-0.1, -0.05) is 45.4 Å². The quantitative estimate of drug-likeness (QED) is 0.128. The number of benzene rings is 2. The van der Waals surface area contributed by atoms with Crippen LogP contribution >= 0.6 is 0 Å². The second-order valence-electron chi connectivity index (χ2n) is 8.14. The summed E-state index contributed by atoms with van der Waals surface area (Å²) in [6, 6.07) is 9.03. The van der Waals surface area contributed by atoms with Crippen LogP contribution in [0.2, 0.25) is 0 Å². The first-order valence-corrected chi connectivity index (χ1v) is 12.3. The van der Waals surface area contributed by atoms with Crippen LogP contribution in [0.25, 0.3) is 0 Å². The van der Waals surface area contributed by atoms with E-state index in [4.69, 9.17) is 38.5 Å². The zero-order valence-electron chi connectivity index (χ0n) is 22.4. The number of hydrogen-bond donors (Lipinski definition) is 0. The fraction of sp³-hybridized carbons (Fsp3) is 0.429. The number of carbonyl (C=O) groups excluding carboxylic acids is 2. The number of methoxy groups -OCH3 is 4. The van der Waals surface area contributed by atoms with Crippen molar-refractivity contribution in [2.75, 3.05) is 28.4 Å². The van der Waals surface area contributed by atoms with E-state index in [9.17, 15) is 9.59 Å². The smallest absolute Gasteiger partial charge is 0.373 e. The summed E-state index contributed by atoms with van der Waals surface area (Å²) in [6.45, 7) is 3.85. The zero-order chi connectivity index (χ0) is 27.8. The van der Waals surface area contributed by atoms with E-state index < -0.39 is 11.9 Å². The lowest BCUT2D eigenvalue weighted by Gasteiger charge is -2.14. The van der Waals surface area contributed by atoms with E-state index in [2.05, 4.69) is 6.92 Å². The van der Waals surface area contributed by atoms with Gasteiger partial charge < -0.3 is 18.9 Å². The van der Waals surface area contributed by atoms with Crippen LogP contribution in [0.15, 0.2) is 36.4 Å². The summed E-state index contributed by atoms with van der Waals surface area (Å²) in [5.74, 6) is 0.0174. The Balaban J connectivity index is 1.99. The minimum absolute atomic E-state index is 0.162. The van der Waals surface area contributed by atoms with Gasteiger partial charge in [0.15, 0.2) is 23.0 Å². The highest BCUT2D eigenvalue weighted by molar-refractivity contribution is 5.90. The molecule has 0 bridgehead atoms. The molecule has 208 valence electrons. The second kappa shape index (κ2) is 17.1. The van der Waals surface area contributed by atoms with Crippen LogP contribution in [0.3, 0.4) is 0 Å². The normalized spacial score (nSPS) is 10.7. The monoisotopic (exact) mass is 532 g/mol. The molecule has 2 aromatic rings. The van der Waals surface area contributed by atoms with Gasteiger partial charge in [0.2, 0.25) is 0 Å². The van der Waals surface area contributed by atoms with Gasteiger partial charge in [-0.3, -0.25) is 9.78 Å². The van der Waals surface area contributed by atoms with E-state index in [1.54, 1.807) is 12.1 Å². The molecule has 0 saturated carbocycles. The Kier molecular flexibility index (Phi) is 13.8. The lowest BCUT2D eigenvalue weighted by molar-refractivity contribution is -0.363. The zero-order valence-corrected chi connectivity index (χ0v) is 22.4. The molecule has 2 radical (unpaired) electrons. The lowest BCUT2D eigenvalue weighted by atomic mass is 10.1. The summed E-state index contributed by atoms with van der Waals surface area (Å²) in [4.78, 5) is 45.2. The molecule has 0 aromatic heterocycles. The highest BCUT2D eigenvalue weighted by Crippen LogP contribution is 2.29. The van der Waals surface area contributed by atoms with Crippen molar-refractivity contribution < 1.29 is 48.1 Å². The third kappa shape index (κ3) is 9.75. The van der Waals surface area contributed by atoms with Gasteiger partial charge in [-0.25, -0.2) is 9.59 Å². The maximum Gasteiger partial charge on any atom is 0.373 e. The molecule has 0 amide bonds. The van der Waals surface area contributed by atoms with Gasteiger partial charge in [-0.05, 0) is 42.8 Å². The fourth-order valence-electron chi connectivity index (χ4n) is 3.44. The molecule has 10 nitrogen and oxygen atoms in total. The van der Waals surface area contributed by atoms with Gasteiger partial charge >= 0.3 is 18.2 Å². The third-order valence-electron chi connectivity index (χ3n) is 5.54. The maximum absolute atomic E-state index is 12.5. The maximum atomic E-state index is 12.5.